The van der Waals surface area contributed by atoms with E-state index in [9.17, 15) is 9.59 Å². The largest absolute Gasteiger partial charge is 0.496 e. The first-order valence-corrected chi connectivity index (χ1v) is 7.44. The molecule has 2 aromatic rings. The van der Waals surface area contributed by atoms with Crippen LogP contribution in [0.2, 0.25) is 0 Å². The van der Waals surface area contributed by atoms with E-state index in [1.54, 1.807) is 42.5 Å². The molecule has 2 aromatic carbocycles. The van der Waals surface area contributed by atoms with Gasteiger partial charge in [0.2, 0.25) is 6.79 Å². The van der Waals surface area contributed by atoms with E-state index in [1.165, 1.54) is 13.2 Å². The van der Waals surface area contributed by atoms with Crippen molar-refractivity contribution >= 4 is 17.9 Å². The van der Waals surface area contributed by atoms with Gasteiger partial charge in [0.15, 0.2) is 11.5 Å². The average Bonchev–Trinajstić information content (AvgIpc) is 3.08. The van der Waals surface area contributed by atoms with E-state index >= 15 is 0 Å². The molecule has 0 aliphatic carbocycles. The van der Waals surface area contributed by atoms with Gasteiger partial charge in [-0.05, 0) is 35.9 Å². The van der Waals surface area contributed by atoms with Gasteiger partial charge in [0.25, 0.3) is 11.8 Å². The summed E-state index contributed by atoms with van der Waals surface area (Å²) in [6, 6.07) is 11.8. The summed E-state index contributed by atoms with van der Waals surface area (Å²) >= 11 is 0. The van der Waals surface area contributed by atoms with E-state index in [1.807, 2.05) is 0 Å². The first-order valence-electron chi connectivity index (χ1n) is 7.44. The fourth-order valence-electron chi connectivity index (χ4n) is 2.36. The number of hydrogen-bond acceptors (Lipinski definition) is 5. The summed E-state index contributed by atoms with van der Waals surface area (Å²) in [6.07, 6.45) is 1.47. The molecule has 0 fully saturated rings. The molecule has 7 heteroatoms. The Bertz CT molecular complexity index is 860. The van der Waals surface area contributed by atoms with E-state index < -0.39 is 11.8 Å². The highest BCUT2D eigenvalue weighted by Gasteiger charge is 2.17. The fraction of sp³-hybridized carbons (Fsp3) is 0.111. The summed E-state index contributed by atoms with van der Waals surface area (Å²) in [5.74, 6) is 0.320. The lowest BCUT2D eigenvalue weighted by molar-refractivity contribution is -0.114. The molecule has 0 radical (unpaired) electrons. The van der Waals surface area contributed by atoms with Gasteiger partial charge in [0.1, 0.15) is 11.4 Å². The number of carbonyl (C=O) groups is 2. The number of rotatable bonds is 5. The number of amides is 2. The Balaban J connectivity index is 1.86. The molecule has 1 heterocycles. The number of fused-ring (bicyclic) bond motifs is 1. The van der Waals surface area contributed by atoms with Crippen molar-refractivity contribution in [1.29, 1.82) is 0 Å². The van der Waals surface area contributed by atoms with Crippen molar-refractivity contribution in [3.63, 3.8) is 0 Å². The van der Waals surface area contributed by atoms with Crippen molar-refractivity contribution in [2.24, 2.45) is 5.73 Å². The first-order chi connectivity index (χ1) is 12.1. The summed E-state index contributed by atoms with van der Waals surface area (Å²) in [4.78, 5) is 24.1. The molecule has 3 rings (SSSR count). The summed E-state index contributed by atoms with van der Waals surface area (Å²) in [7, 11) is 1.46. The van der Waals surface area contributed by atoms with Crippen LogP contribution in [0.1, 0.15) is 15.9 Å². The molecular weight excluding hydrogens is 324 g/mol. The van der Waals surface area contributed by atoms with Crippen LogP contribution in [0.5, 0.6) is 17.2 Å². The number of benzene rings is 2. The topological polar surface area (TPSA) is 99.9 Å². The van der Waals surface area contributed by atoms with Crippen LogP contribution in [-0.4, -0.2) is 25.7 Å². The minimum atomic E-state index is -0.763. The molecule has 1 aliphatic rings. The lowest BCUT2D eigenvalue weighted by Crippen LogP contribution is -2.31. The minimum absolute atomic E-state index is 0.0465. The summed E-state index contributed by atoms with van der Waals surface area (Å²) in [6.45, 7) is 0.149. The molecule has 0 saturated heterocycles. The van der Waals surface area contributed by atoms with Gasteiger partial charge in [-0.15, -0.1) is 0 Å². The van der Waals surface area contributed by atoms with Gasteiger partial charge in [-0.1, -0.05) is 18.2 Å². The van der Waals surface area contributed by atoms with Crippen molar-refractivity contribution in [1.82, 2.24) is 5.32 Å². The van der Waals surface area contributed by atoms with Crippen LogP contribution in [0.15, 0.2) is 48.2 Å². The van der Waals surface area contributed by atoms with Gasteiger partial charge in [-0.3, -0.25) is 9.59 Å². The Kier molecular flexibility index (Phi) is 4.56. The third kappa shape index (κ3) is 3.55. The maximum atomic E-state index is 12.4. The molecule has 0 aromatic heterocycles. The molecule has 7 nitrogen and oxygen atoms in total. The molecule has 1 aliphatic heterocycles. The Hall–Kier alpha value is -3.48. The molecule has 0 saturated carbocycles. The quantitative estimate of drug-likeness (QED) is 0.807. The van der Waals surface area contributed by atoms with Crippen LogP contribution < -0.4 is 25.3 Å². The van der Waals surface area contributed by atoms with Gasteiger partial charge < -0.3 is 25.3 Å². The second-order valence-corrected chi connectivity index (χ2v) is 5.19. The van der Waals surface area contributed by atoms with E-state index in [2.05, 4.69) is 5.32 Å². The van der Waals surface area contributed by atoms with Crippen molar-refractivity contribution in [2.75, 3.05) is 13.9 Å². The number of carbonyl (C=O) groups excluding carboxylic acids is 2. The molecule has 3 N–H and O–H groups in total. The van der Waals surface area contributed by atoms with Gasteiger partial charge in [0.05, 0.1) is 12.7 Å². The van der Waals surface area contributed by atoms with Crippen LogP contribution in [0, 0.1) is 0 Å². The highest BCUT2D eigenvalue weighted by Crippen LogP contribution is 2.33. The number of nitrogens with two attached hydrogens (primary N) is 1. The van der Waals surface area contributed by atoms with Gasteiger partial charge in [-0.25, -0.2) is 0 Å². The second kappa shape index (κ2) is 6.96. The Labute approximate surface area is 144 Å². The third-order valence-corrected chi connectivity index (χ3v) is 3.57. The zero-order chi connectivity index (χ0) is 17.8. The van der Waals surface area contributed by atoms with Crippen LogP contribution in [-0.2, 0) is 4.79 Å². The van der Waals surface area contributed by atoms with E-state index in [0.717, 1.165) is 0 Å². The maximum absolute atomic E-state index is 12.4. The van der Waals surface area contributed by atoms with Gasteiger partial charge in [-0.2, -0.15) is 0 Å². The predicted octanol–water partition coefficient (Wildman–Crippen LogP) is 1.68. The van der Waals surface area contributed by atoms with Crippen molar-refractivity contribution < 1.29 is 23.8 Å². The number of methoxy groups -OCH3 is 1. The van der Waals surface area contributed by atoms with Crippen LogP contribution in [0.25, 0.3) is 6.08 Å². The molecule has 0 bridgehead atoms. The molecule has 25 heavy (non-hydrogen) atoms. The number of ether oxygens (including phenoxy) is 3. The van der Waals surface area contributed by atoms with Gasteiger partial charge in [0, 0.05) is 0 Å². The Morgan fingerprint density at radius 2 is 1.92 bits per heavy atom. The number of hydrogen-bond donors (Lipinski definition) is 2. The normalized spacial score (nSPS) is 12.6. The van der Waals surface area contributed by atoms with Crippen molar-refractivity contribution in [3.8, 4) is 17.2 Å². The van der Waals surface area contributed by atoms with E-state index in [4.69, 9.17) is 19.9 Å². The first kappa shape index (κ1) is 16.4. The second-order valence-electron chi connectivity index (χ2n) is 5.19. The average molecular weight is 340 g/mol. The predicted molar refractivity (Wildman–Crippen MR) is 90.2 cm³/mol. The monoisotopic (exact) mass is 340 g/mol. The standard InChI is InChI=1S/C18H16N2O5/c1-23-14-5-3-2-4-12(14)18(22)20-13(17(19)21)8-11-6-7-15-16(9-11)25-10-24-15/h2-9H,10H2,1H3,(H2,19,21)(H,20,22)/b13-8+. The Morgan fingerprint density at radius 3 is 2.68 bits per heavy atom. The fourth-order valence-corrected chi connectivity index (χ4v) is 2.36. The van der Waals surface area contributed by atoms with E-state index in [-0.39, 0.29) is 12.5 Å². The highest BCUT2D eigenvalue weighted by molar-refractivity contribution is 6.05. The molecule has 0 spiro atoms. The smallest absolute Gasteiger partial charge is 0.265 e. The van der Waals surface area contributed by atoms with Crippen LogP contribution >= 0.6 is 0 Å². The molecule has 0 atom stereocenters. The zero-order valence-corrected chi connectivity index (χ0v) is 13.4. The third-order valence-electron chi connectivity index (χ3n) is 3.57. The van der Waals surface area contributed by atoms with Crippen molar-refractivity contribution in [2.45, 2.75) is 0 Å². The number of nitrogens with one attached hydrogen (secondary N) is 1. The molecule has 128 valence electrons. The highest BCUT2D eigenvalue weighted by atomic mass is 16.7. The summed E-state index contributed by atoms with van der Waals surface area (Å²) in [5.41, 5.74) is 6.27. The molecule has 2 amide bonds. The lowest BCUT2D eigenvalue weighted by Gasteiger charge is -2.10. The van der Waals surface area contributed by atoms with Crippen LogP contribution in [0.4, 0.5) is 0 Å². The number of primary amides is 1. The summed E-state index contributed by atoms with van der Waals surface area (Å²) < 4.78 is 15.7. The van der Waals surface area contributed by atoms with Gasteiger partial charge >= 0.3 is 0 Å². The van der Waals surface area contributed by atoms with Crippen LogP contribution in [0.3, 0.4) is 0 Å². The summed E-state index contributed by atoms with van der Waals surface area (Å²) in [5, 5.41) is 2.52. The minimum Gasteiger partial charge on any atom is -0.496 e. The van der Waals surface area contributed by atoms with E-state index in [0.29, 0.717) is 28.4 Å². The molecular formula is C18H16N2O5. The molecule has 0 unspecified atom stereocenters. The lowest BCUT2D eigenvalue weighted by atomic mass is 10.1. The zero-order valence-electron chi connectivity index (χ0n) is 13.4. The maximum Gasteiger partial charge on any atom is 0.265 e. The Morgan fingerprint density at radius 1 is 1.16 bits per heavy atom. The number of para-hydroxylation sites is 1. The van der Waals surface area contributed by atoms with Crippen molar-refractivity contribution in [3.05, 3.63) is 59.3 Å². The SMILES string of the molecule is COc1ccccc1C(=O)N/C(=C/c1ccc2c(c1)OCO2)C(N)=O.